The lowest BCUT2D eigenvalue weighted by atomic mass is 10.1. The Labute approximate surface area is 176 Å². The van der Waals surface area contributed by atoms with Gasteiger partial charge in [-0.15, -0.1) is 0 Å². The van der Waals surface area contributed by atoms with Crippen LogP contribution in [0, 0.1) is 0 Å². The summed E-state index contributed by atoms with van der Waals surface area (Å²) in [7, 11) is 4.05. The Morgan fingerprint density at radius 1 is 1.07 bits per heavy atom. The van der Waals surface area contributed by atoms with Crippen LogP contribution in [-0.4, -0.2) is 59.6 Å². The summed E-state index contributed by atoms with van der Waals surface area (Å²) in [6.45, 7) is 2.33. The molecule has 3 rings (SSSR count). The third-order valence-corrected chi connectivity index (χ3v) is 5.39. The summed E-state index contributed by atoms with van der Waals surface area (Å²) in [4.78, 5) is 21.3. The molecule has 6 nitrogen and oxygen atoms in total. The summed E-state index contributed by atoms with van der Waals surface area (Å²) in [5, 5.41) is 7.97. The Kier molecular flexibility index (Phi) is 7.95. The van der Waals surface area contributed by atoms with Crippen molar-refractivity contribution in [2.75, 3.05) is 33.7 Å². The Hall–Kier alpha value is -2.51. The van der Waals surface area contributed by atoms with Crippen molar-refractivity contribution < 1.29 is 9.32 Å². The van der Waals surface area contributed by atoms with Crippen LogP contribution < -0.4 is 0 Å². The minimum Gasteiger partial charge on any atom is -0.341 e. The highest BCUT2D eigenvalue weighted by Gasteiger charge is 2.16. The third-order valence-electron chi connectivity index (χ3n) is 4.71. The molecule has 29 heavy (non-hydrogen) atoms. The van der Waals surface area contributed by atoms with Gasteiger partial charge in [-0.1, -0.05) is 35.5 Å². The van der Waals surface area contributed by atoms with E-state index in [-0.39, 0.29) is 5.91 Å². The standard InChI is InChI=1S/C22H28N4O2S/c1-25(2)14-15-26(13-6-9-18-7-4-3-5-8-18)21(27)11-10-20-23-22(24-28-20)19-12-16-29-17-19/h3-5,7-8,12,16-17H,6,9-11,13-15H2,1-2H3. The number of nitrogens with zero attached hydrogens (tertiary/aromatic N) is 4. The van der Waals surface area contributed by atoms with Crippen LogP contribution in [0.5, 0.6) is 0 Å². The molecule has 0 bridgehead atoms. The minimum absolute atomic E-state index is 0.134. The van der Waals surface area contributed by atoms with Crippen molar-refractivity contribution in [1.82, 2.24) is 19.9 Å². The second-order valence-electron chi connectivity index (χ2n) is 7.30. The van der Waals surface area contributed by atoms with E-state index in [0.29, 0.717) is 24.6 Å². The largest absolute Gasteiger partial charge is 0.341 e. The quantitative estimate of drug-likeness (QED) is 0.480. The van der Waals surface area contributed by atoms with E-state index in [1.807, 2.05) is 41.9 Å². The molecule has 0 aliphatic rings. The number of aryl methyl sites for hydroxylation is 2. The number of benzene rings is 1. The van der Waals surface area contributed by atoms with Crippen molar-refractivity contribution >= 4 is 17.2 Å². The maximum absolute atomic E-state index is 12.8. The van der Waals surface area contributed by atoms with Crippen molar-refractivity contribution in [3.05, 3.63) is 58.6 Å². The van der Waals surface area contributed by atoms with Gasteiger partial charge < -0.3 is 14.3 Å². The summed E-state index contributed by atoms with van der Waals surface area (Å²) < 4.78 is 5.32. The van der Waals surface area contributed by atoms with Gasteiger partial charge in [-0.25, -0.2) is 0 Å². The van der Waals surface area contributed by atoms with Crippen molar-refractivity contribution in [2.24, 2.45) is 0 Å². The molecule has 1 amide bonds. The summed E-state index contributed by atoms with van der Waals surface area (Å²) >= 11 is 1.59. The highest BCUT2D eigenvalue weighted by Crippen LogP contribution is 2.19. The third kappa shape index (κ3) is 6.80. The summed E-state index contributed by atoms with van der Waals surface area (Å²) in [6, 6.07) is 12.4. The molecular weight excluding hydrogens is 384 g/mol. The molecule has 0 atom stereocenters. The summed E-state index contributed by atoms with van der Waals surface area (Å²) in [5.74, 6) is 1.23. The van der Waals surface area contributed by atoms with Gasteiger partial charge in [0.15, 0.2) is 0 Å². The van der Waals surface area contributed by atoms with Gasteiger partial charge in [-0.3, -0.25) is 4.79 Å². The normalized spacial score (nSPS) is 11.1. The van der Waals surface area contributed by atoms with E-state index >= 15 is 0 Å². The van der Waals surface area contributed by atoms with E-state index in [0.717, 1.165) is 38.0 Å². The van der Waals surface area contributed by atoms with Gasteiger partial charge in [0.05, 0.1) is 0 Å². The van der Waals surface area contributed by atoms with E-state index in [9.17, 15) is 4.79 Å². The Morgan fingerprint density at radius 3 is 2.62 bits per heavy atom. The van der Waals surface area contributed by atoms with Crippen molar-refractivity contribution in [3.63, 3.8) is 0 Å². The van der Waals surface area contributed by atoms with Crippen LogP contribution in [0.4, 0.5) is 0 Å². The van der Waals surface area contributed by atoms with Gasteiger partial charge in [0.1, 0.15) is 0 Å². The highest BCUT2D eigenvalue weighted by atomic mass is 32.1. The molecule has 1 aromatic carbocycles. The van der Waals surface area contributed by atoms with E-state index in [1.54, 1.807) is 11.3 Å². The number of hydrogen-bond acceptors (Lipinski definition) is 6. The first-order chi connectivity index (χ1) is 14.1. The van der Waals surface area contributed by atoms with Gasteiger partial charge in [0, 0.05) is 43.4 Å². The van der Waals surface area contributed by atoms with E-state index in [1.165, 1.54) is 5.56 Å². The predicted octanol–water partition coefficient (Wildman–Crippen LogP) is 3.75. The fourth-order valence-corrected chi connectivity index (χ4v) is 3.67. The molecule has 3 aromatic rings. The lowest BCUT2D eigenvalue weighted by Gasteiger charge is -2.24. The van der Waals surface area contributed by atoms with E-state index < -0.39 is 0 Å². The molecule has 0 N–H and O–H groups in total. The van der Waals surface area contributed by atoms with Crippen LogP contribution in [0.1, 0.15) is 24.3 Å². The van der Waals surface area contributed by atoms with Crippen LogP contribution >= 0.6 is 11.3 Å². The number of rotatable bonds is 11. The average molecular weight is 413 g/mol. The van der Waals surface area contributed by atoms with Crippen LogP contribution in [-0.2, 0) is 17.6 Å². The van der Waals surface area contributed by atoms with Crippen LogP contribution in [0.25, 0.3) is 11.4 Å². The van der Waals surface area contributed by atoms with Crippen molar-refractivity contribution in [3.8, 4) is 11.4 Å². The molecule has 2 aromatic heterocycles. The molecule has 154 valence electrons. The fraction of sp³-hybridized carbons (Fsp3) is 0.409. The number of aromatic nitrogens is 2. The zero-order valence-corrected chi connectivity index (χ0v) is 17.9. The lowest BCUT2D eigenvalue weighted by Crippen LogP contribution is -2.37. The number of carbonyl (C=O) groups is 1. The van der Waals surface area contributed by atoms with Crippen LogP contribution in [0.2, 0.25) is 0 Å². The smallest absolute Gasteiger partial charge is 0.227 e. The van der Waals surface area contributed by atoms with Crippen molar-refractivity contribution in [2.45, 2.75) is 25.7 Å². The first-order valence-electron chi connectivity index (χ1n) is 9.93. The number of hydrogen-bond donors (Lipinski definition) is 0. The first kappa shape index (κ1) is 21.2. The zero-order valence-electron chi connectivity index (χ0n) is 17.1. The molecule has 0 radical (unpaired) electrons. The van der Waals surface area contributed by atoms with Gasteiger partial charge in [-0.2, -0.15) is 16.3 Å². The lowest BCUT2D eigenvalue weighted by molar-refractivity contribution is -0.131. The second kappa shape index (κ2) is 10.9. The van der Waals surface area contributed by atoms with Crippen LogP contribution in [0.15, 0.2) is 51.7 Å². The van der Waals surface area contributed by atoms with E-state index in [2.05, 4.69) is 39.3 Å². The minimum atomic E-state index is 0.134. The van der Waals surface area contributed by atoms with E-state index in [4.69, 9.17) is 4.52 Å². The van der Waals surface area contributed by atoms with Gasteiger partial charge >= 0.3 is 0 Å². The summed E-state index contributed by atoms with van der Waals surface area (Å²) in [5.41, 5.74) is 2.25. The average Bonchev–Trinajstić information content (AvgIpc) is 3.41. The Morgan fingerprint density at radius 2 is 1.90 bits per heavy atom. The Bertz CT molecular complexity index is 862. The highest BCUT2D eigenvalue weighted by molar-refractivity contribution is 7.08. The zero-order chi connectivity index (χ0) is 20.5. The van der Waals surface area contributed by atoms with Gasteiger partial charge in [-0.05, 0) is 43.9 Å². The molecule has 0 saturated heterocycles. The van der Waals surface area contributed by atoms with Gasteiger partial charge in [0.25, 0.3) is 0 Å². The maximum atomic E-state index is 12.8. The summed E-state index contributed by atoms with van der Waals surface area (Å²) in [6.07, 6.45) is 2.77. The van der Waals surface area contributed by atoms with Gasteiger partial charge in [0.2, 0.25) is 17.6 Å². The molecule has 7 heteroatoms. The number of thiophene rings is 1. The molecule has 0 unspecified atom stereocenters. The molecule has 0 saturated carbocycles. The topological polar surface area (TPSA) is 62.5 Å². The second-order valence-corrected chi connectivity index (χ2v) is 8.08. The molecule has 0 spiro atoms. The number of carbonyl (C=O) groups excluding carboxylic acids is 1. The number of likely N-dealkylation sites (N-methyl/N-ethyl adjacent to an activating group) is 1. The molecule has 0 fully saturated rings. The fourth-order valence-electron chi connectivity index (χ4n) is 3.04. The van der Waals surface area contributed by atoms with Crippen LogP contribution in [0.3, 0.4) is 0 Å². The predicted molar refractivity (Wildman–Crippen MR) is 116 cm³/mol. The van der Waals surface area contributed by atoms with Crippen molar-refractivity contribution in [1.29, 1.82) is 0 Å². The molecule has 0 aliphatic carbocycles. The Balaban J connectivity index is 1.51. The molecule has 0 aliphatic heterocycles. The first-order valence-corrected chi connectivity index (χ1v) is 10.9. The SMILES string of the molecule is CN(C)CCN(CCCc1ccccc1)C(=O)CCc1nc(-c2ccsc2)no1. The molecule has 2 heterocycles. The molecular formula is C22H28N4O2S. The number of amides is 1. The maximum Gasteiger partial charge on any atom is 0.227 e. The monoisotopic (exact) mass is 412 g/mol.